The molecule has 2 aliphatic carbocycles. The minimum Gasteiger partial charge on any atom is -0.504 e. The lowest BCUT2D eigenvalue weighted by atomic mass is 9.54. The molecule has 1 saturated heterocycles. The van der Waals surface area contributed by atoms with Crippen LogP contribution in [-0.4, -0.2) is 130 Å². The summed E-state index contributed by atoms with van der Waals surface area (Å²) >= 11 is 0. The third kappa shape index (κ3) is 7.56. The largest absolute Gasteiger partial charge is 0.504 e. The van der Waals surface area contributed by atoms with Crippen molar-refractivity contribution >= 4 is 29.8 Å². The molecule has 0 unspecified atom stereocenters. The number of carbonyl (C=O) groups is 4. The number of guanidine groups is 1. The number of fused-ring (bicyclic) bond motifs is 1. The van der Waals surface area contributed by atoms with E-state index in [0.717, 1.165) is 17.7 Å². The summed E-state index contributed by atoms with van der Waals surface area (Å²) in [7, 11) is 3.04. The highest BCUT2D eigenvalue weighted by Gasteiger charge is 2.69. The number of carbonyl (C=O) groups excluding carboxylic acids is 3. The van der Waals surface area contributed by atoms with Gasteiger partial charge >= 0.3 is 12.1 Å². The average Bonchev–Trinajstić information content (AvgIpc) is 3.82. The van der Waals surface area contributed by atoms with E-state index in [4.69, 9.17) is 26.0 Å². The summed E-state index contributed by atoms with van der Waals surface area (Å²) in [5.74, 6) is -1.60. The van der Waals surface area contributed by atoms with Gasteiger partial charge in [0.1, 0.15) is 18.2 Å². The summed E-state index contributed by atoms with van der Waals surface area (Å²) in [4.78, 5) is 58.9. The van der Waals surface area contributed by atoms with E-state index in [1.165, 1.54) is 36.7 Å². The number of hydrogen-bond donors (Lipinski definition) is 6. The first-order chi connectivity index (χ1) is 24.1. The van der Waals surface area contributed by atoms with Crippen LogP contribution in [-0.2, 0) is 24.5 Å². The van der Waals surface area contributed by atoms with E-state index in [1.54, 1.807) is 12.1 Å². The van der Waals surface area contributed by atoms with Crippen LogP contribution in [0.1, 0.15) is 63.0 Å². The second kappa shape index (κ2) is 15.0. The molecule has 16 nitrogen and oxygen atoms in total. The summed E-state index contributed by atoms with van der Waals surface area (Å²) in [5, 5.41) is 35.0. The van der Waals surface area contributed by atoms with Gasteiger partial charge in [0.2, 0.25) is 11.8 Å². The van der Waals surface area contributed by atoms with E-state index in [-0.39, 0.29) is 56.0 Å². The SMILES string of the molecule is Cc1ccc(O)c2c1[C@]13CCN(CC4CC4)[C@H](C)[C@]1(O)CC=C(OC(=O)N(C)CCN(C)C(=O)[C@H](CCCN=C(N)N)NC(=O)CC(=O)O)[C@@H]3O2. The van der Waals surface area contributed by atoms with E-state index in [2.05, 4.69) is 15.2 Å². The van der Waals surface area contributed by atoms with Crippen LogP contribution in [0.5, 0.6) is 11.5 Å². The fraction of sp³-hybridized carbons (Fsp3) is 0.629. The number of piperidine rings is 1. The number of aliphatic carboxylic acids is 1. The fourth-order valence-corrected chi connectivity index (χ4v) is 7.88. The van der Waals surface area contributed by atoms with Crippen LogP contribution < -0.4 is 21.5 Å². The molecule has 0 aromatic heterocycles. The van der Waals surface area contributed by atoms with E-state index in [1.807, 2.05) is 19.9 Å². The number of likely N-dealkylation sites (tertiary alicyclic amines) is 1. The first-order valence-corrected chi connectivity index (χ1v) is 17.5. The molecule has 5 atom stereocenters. The quantitative estimate of drug-likeness (QED) is 0.0679. The summed E-state index contributed by atoms with van der Waals surface area (Å²) in [5.41, 5.74) is 10.1. The van der Waals surface area contributed by atoms with Gasteiger partial charge in [-0.05, 0) is 76.1 Å². The Morgan fingerprint density at radius 2 is 1.88 bits per heavy atom. The van der Waals surface area contributed by atoms with Gasteiger partial charge < -0.3 is 51.4 Å². The Kier molecular flexibility index (Phi) is 11.1. The molecule has 280 valence electrons. The standard InChI is InChI=1S/C35H51N7O9/c1-20-7-10-24(43)29-28(20)34-13-15-42(19-22-8-9-22)21(2)35(34,49)12-11-25(30(34)51-29)50-33(48)41(4)17-16-40(3)31(47)23(6-5-14-38-32(36)37)39-26(44)18-27(45)46/h7,10-11,21-23,30,43,49H,5-6,8-9,12-19H2,1-4H3,(H,39,44)(H,45,46)(H4,36,37,38)/t21-,23+,30+,34+,35-/m1/s1. The van der Waals surface area contributed by atoms with Crippen molar-refractivity contribution in [2.45, 2.75) is 88.0 Å². The average molecular weight is 714 g/mol. The monoisotopic (exact) mass is 713 g/mol. The molecular formula is C35H51N7O9. The number of ether oxygens (including phenoxy) is 2. The minimum absolute atomic E-state index is 0.0426. The van der Waals surface area contributed by atoms with Crippen LogP contribution in [0.15, 0.2) is 29.0 Å². The molecule has 0 radical (unpaired) electrons. The van der Waals surface area contributed by atoms with Crippen LogP contribution in [0.4, 0.5) is 4.79 Å². The van der Waals surface area contributed by atoms with Gasteiger partial charge in [0.15, 0.2) is 23.6 Å². The van der Waals surface area contributed by atoms with Crippen LogP contribution in [0.25, 0.3) is 0 Å². The smallest absolute Gasteiger partial charge is 0.414 e. The van der Waals surface area contributed by atoms with E-state index < -0.39 is 53.5 Å². The van der Waals surface area contributed by atoms with Crippen molar-refractivity contribution < 1.29 is 44.0 Å². The Morgan fingerprint density at radius 3 is 2.55 bits per heavy atom. The number of nitrogens with zero attached hydrogens (tertiary/aromatic N) is 4. The minimum atomic E-state index is -1.33. The molecule has 1 saturated carbocycles. The van der Waals surface area contributed by atoms with Crippen LogP contribution >= 0.6 is 0 Å². The molecule has 2 fully saturated rings. The Hall–Kier alpha value is -4.57. The number of rotatable bonds is 14. The Balaban J connectivity index is 1.28. The molecule has 8 N–H and O–H groups in total. The van der Waals surface area contributed by atoms with Crippen LogP contribution in [0, 0.1) is 12.8 Å². The zero-order valence-electron chi connectivity index (χ0n) is 29.8. The maximum Gasteiger partial charge on any atom is 0.414 e. The number of carboxylic acid groups (broad SMARTS) is 1. The molecule has 51 heavy (non-hydrogen) atoms. The molecule has 0 bridgehead atoms. The fourth-order valence-electron chi connectivity index (χ4n) is 7.88. The van der Waals surface area contributed by atoms with E-state index in [0.29, 0.717) is 31.1 Å². The van der Waals surface area contributed by atoms with Crippen molar-refractivity contribution in [3.8, 4) is 11.5 Å². The molecule has 1 aromatic carbocycles. The molecule has 5 rings (SSSR count). The molecule has 16 heteroatoms. The lowest BCUT2D eigenvalue weighted by Crippen LogP contribution is -2.72. The lowest BCUT2D eigenvalue weighted by molar-refractivity contribution is -0.158. The number of nitrogens with two attached hydrogens (primary N) is 2. The number of nitrogens with one attached hydrogen (secondary N) is 1. The number of carboxylic acids is 1. The molecule has 4 aliphatic rings. The molecule has 2 aliphatic heterocycles. The molecular weight excluding hydrogens is 662 g/mol. The second-order valence-corrected chi connectivity index (χ2v) is 14.4. The Labute approximate surface area is 297 Å². The third-order valence-electron chi connectivity index (χ3n) is 10.9. The molecule has 2 heterocycles. The highest BCUT2D eigenvalue weighted by molar-refractivity contribution is 5.96. The predicted octanol–water partition coefficient (Wildman–Crippen LogP) is 0.762. The van der Waals surface area contributed by atoms with Gasteiger partial charge in [-0.2, -0.15) is 0 Å². The zero-order valence-corrected chi connectivity index (χ0v) is 29.8. The number of aliphatic hydroxyl groups is 1. The maximum atomic E-state index is 13.5. The van der Waals surface area contributed by atoms with Gasteiger partial charge in [0.25, 0.3) is 0 Å². The van der Waals surface area contributed by atoms with Gasteiger partial charge in [-0.1, -0.05) is 6.07 Å². The van der Waals surface area contributed by atoms with Gasteiger partial charge in [0, 0.05) is 58.3 Å². The summed E-state index contributed by atoms with van der Waals surface area (Å²) in [6, 6.07) is 2.13. The maximum absolute atomic E-state index is 13.5. The van der Waals surface area contributed by atoms with Gasteiger partial charge in [-0.15, -0.1) is 0 Å². The normalized spacial score (nSPS) is 25.5. The first kappa shape index (κ1) is 37.7. The van der Waals surface area contributed by atoms with Crippen molar-refractivity contribution in [3.05, 3.63) is 35.1 Å². The summed E-state index contributed by atoms with van der Waals surface area (Å²) in [6.45, 7) is 5.94. The highest BCUT2D eigenvalue weighted by atomic mass is 16.6. The number of amides is 3. The van der Waals surface area contributed by atoms with Crippen molar-refractivity contribution in [2.75, 3.05) is 46.8 Å². The number of likely N-dealkylation sites (N-methyl/N-ethyl adjacent to an activating group) is 2. The number of phenols is 1. The number of benzene rings is 1. The third-order valence-corrected chi connectivity index (χ3v) is 10.9. The van der Waals surface area contributed by atoms with Crippen molar-refractivity contribution in [3.63, 3.8) is 0 Å². The first-order valence-electron chi connectivity index (χ1n) is 17.5. The van der Waals surface area contributed by atoms with E-state index in [9.17, 15) is 29.4 Å². The van der Waals surface area contributed by atoms with Gasteiger partial charge in [0.05, 0.1) is 11.0 Å². The van der Waals surface area contributed by atoms with Gasteiger partial charge in [-0.25, -0.2) is 4.79 Å². The number of phenolic OH excluding ortho intramolecular Hbond substituents is 1. The van der Waals surface area contributed by atoms with Crippen LogP contribution in [0.3, 0.4) is 0 Å². The number of hydrogen-bond acceptors (Lipinski definition) is 10. The van der Waals surface area contributed by atoms with Crippen molar-refractivity contribution in [1.29, 1.82) is 0 Å². The Morgan fingerprint density at radius 1 is 1.18 bits per heavy atom. The van der Waals surface area contributed by atoms with Gasteiger partial charge in [-0.3, -0.25) is 24.3 Å². The number of aliphatic imine (C=N–C) groups is 1. The molecule has 3 amide bonds. The summed E-state index contributed by atoms with van der Waals surface area (Å²) in [6.07, 6.45) is 2.99. The topological polar surface area (TPSA) is 234 Å². The second-order valence-electron chi connectivity index (χ2n) is 14.4. The Bertz CT molecular complexity index is 1590. The summed E-state index contributed by atoms with van der Waals surface area (Å²) < 4.78 is 12.4. The molecule has 1 aromatic rings. The highest BCUT2D eigenvalue weighted by Crippen LogP contribution is 2.62. The molecule has 1 spiro atoms. The lowest BCUT2D eigenvalue weighted by Gasteiger charge is -2.59. The van der Waals surface area contributed by atoms with E-state index >= 15 is 0 Å². The number of aromatic hydroxyl groups is 1. The van der Waals surface area contributed by atoms with Crippen molar-refractivity contribution in [1.82, 2.24) is 20.0 Å². The van der Waals surface area contributed by atoms with Crippen molar-refractivity contribution in [2.24, 2.45) is 22.4 Å². The predicted molar refractivity (Wildman–Crippen MR) is 186 cm³/mol. The zero-order chi connectivity index (χ0) is 37.2. The number of aryl methyl sites for hydroxylation is 1. The van der Waals surface area contributed by atoms with Crippen LogP contribution in [0.2, 0.25) is 0 Å².